The molecule has 0 radical (unpaired) electrons. The lowest BCUT2D eigenvalue weighted by Crippen LogP contribution is -2.28. The van der Waals surface area contributed by atoms with Crippen molar-refractivity contribution in [3.8, 4) is 0 Å². The third-order valence-corrected chi connectivity index (χ3v) is 4.03. The van der Waals surface area contributed by atoms with Crippen LogP contribution in [0.1, 0.15) is 6.42 Å². The van der Waals surface area contributed by atoms with Crippen LogP contribution in [0.3, 0.4) is 0 Å². The second-order valence-corrected chi connectivity index (χ2v) is 5.33. The molecule has 0 fully saturated rings. The molecule has 0 spiro atoms. The van der Waals surface area contributed by atoms with Crippen molar-refractivity contribution >= 4 is 15.8 Å². The fourth-order valence-electron chi connectivity index (χ4n) is 1.21. The first-order valence-corrected chi connectivity index (χ1v) is 6.18. The molecule has 92 valence electrons. The molecule has 0 aromatic carbocycles. The van der Waals surface area contributed by atoms with Gasteiger partial charge in [0.1, 0.15) is 10.7 Å². The van der Waals surface area contributed by atoms with Gasteiger partial charge in [0, 0.05) is 27.3 Å². The number of ether oxygens (including phenoxy) is 1. The van der Waals surface area contributed by atoms with Crippen molar-refractivity contribution in [1.29, 1.82) is 0 Å². The van der Waals surface area contributed by atoms with E-state index in [0.29, 0.717) is 19.6 Å². The van der Waals surface area contributed by atoms with Crippen molar-refractivity contribution in [3.05, 3.63) is 6.20 Å². The summed E-state index contributed by atoms with van der Waals surface area (Å²) < 4.78 is 30.0. The zero-order valence-electron chi connectivity index (χ0n) is 9.30. The Bertz CT molecular complexity index is 428. The van der Waals surface area contributed by atoms with Gasteiger partial charge in [-0.3, -0.25) is 5.10 Å². The molecule has 1 aromatic rings. The van der Waals surface area contributed by atoms with Crippen LogP contribution in [0.25, 0.3) is 0 Å². The monoisotopic (exact) mass is 248 g/mol. The van der Waals surface area contributed by atoms with E-state index >= 15 is 0 Å². The molecule has 0 aliphatic carbocycles. The van der Waals surface area contributed by atoms with E-state index in [0.717, 1.165) is 0 Å². The van der Waals surface area contributed by atoms with Crippen LogP contribution < -0.4 is 5.73 Å². The first-order chi connectivity index (χ1) is 7.50. The number of hydrogen-bond acceptors (Lipinski definition) is 5. The molecule has 16 heavy (non-hydrogen) atoms. The summed E-state index contributed by atoms with van der Waals surface area (Å²) in [4.78, 5) is 0.00687. The minimum absolute atomic E-state index is 0.00687. The maximum Gasteiger partial charge on any atom is 0.248 e. The molecule has 8 heteroatoms. The Morgan fingerprint density at radius 2 is 2.31 bits per heavy atom. The van der Waals surface area contributed by atoms with Crippen LogP contribution in [-0.2, 0) is 14.8 Å². The number of nitrogens with one attached hydrogen (secondary N) is 1. The van der Waals surface area contributed by atoms with E-state index in [1.54, 1.807) is 7.11 Å². The molecule has 1 rings (SSSR count). The zero-order chi connectivity index (χ0) is 12.2. The Morgan fingerprint density at radius 1 is 1.62 bits per heavy atom. The van der Waals surface area contributed by atoms with Crippen LogP contribution in [0.4, 0.5) is 5.82 Å². The van der Waals surface area contributed by atoms with E-state index in [4.69, 9.17) is 10.5 Å². The molecule has 0 unspecified atom stereocenters. The summed E-state index contributed by atoms with van der Waals surface area (Å²) in [6.07, 6.45) is 1.83. The van der Waals surface area contributed by atoms with E-state index in [1.807, 2.05) is 0 Å². The van der Waals surface area contributed by atoms with Crippen LogP contribution >= 0.6 is 0 Å². The molecule has 7 nitrogen and oxygen atoms in total. The summed E-state index contributed by atoms with van der Waals surface area (Å²) in [7, 11) is -0.478. The highest BCUT2D eigenvalue weighted by Gasteiger charge is 2.24. The van der Waals surface area contributed by atoms with Crippen molar-refractivity contribution in [2.75, 3.05) is 33.0 Å². The average molecular weight is 248 g/mol. The largest absolute Gasteiger partial charge is 0.385 e. The highest BCUT2D eigenvalue weighted by Crippen LogP contribution is 2.18. The number of aromatic amines is 1. The molecule has 0 bridgehead atoms. The van der Waals surface area contributed by atoms with Gasteiger partial charge in [0.25, 0.3) is 0 Å². The topological polar surface area (TPSA) is 101 Å². The minimum Gasteiger partial charge on any atom is -0.385 e. The number of methoxy groups -OCH3 is 1. The lowest BCUT2D eigenvalue weighted by molar-refractivity contribution is 0.189. The van der Waals surface area contributed by atoms with Crippen LogP contribution in [0, 0.1) is 0 Å². The van der Waals surface area contributed by atoms with Crippen molar-refractivity contribution in [1.82, 2.24) is 14.5 Å². The Hall–Kier alpha value is -1.12. The number of aromatic nitrogens is 2. The van der Waals surface area contributed by atoms with Gasteiger partial charge in [0.15, 0.2) is 0 Å². The smallest absolute Gasteiger partial charge is 0.248 e. The standard InChI is InChI=1S/C8H16N4O3S/c1-12(4-3-5-15-2)16(13,14)7-6-10-11-8(7)9/h6H,3-5H2,1-2H3,(H3,9,10,11). The van der Waals surface area contributed by atoms with Gasteiger partial charge < -0.3 is 10.5 Å². The molecule has 0 aliphatic heterocycles. The molecular weight excluding hydrogens is 232 g/mol. The number of H-pyrrole nitrogens is 1. The fraction of sp³-hybridized carbons (Fsp3) is 0.625. The maximum atomic E-state index is 12.0. The molecule has 3 N–H and O–H groups in total. The van der Waals surface area contributed by atoms with Crippen LogP contribution in [-0.4, -0.2) is 50.2 Å². The molecule has 0 saturated carbocycles. The fourth-order valence-corrected chi connectivity index (χ4v) is 2.42. The molecule has 1 aromatic heterocycles. The quantitative estimate of drug-likeness (QED) is 0.670. The molecule has 1 heterocycles. The summed E-state index contributed by atoms with van der Waals surface area (Å²) in [6.45, 7) is 0.890. The third-order valence-electron chi connectivity index (χ3n) is 2.14. The van der Waals surface area contributed by atoms with Crippen molar-refractivity contribution in [3.63, 3.8) is 0 Å². The van der Waals surface area contributed by atoms with Crippen LogP contribution in [0.15, 0.2) is 11.1 Å². The van der Waals surface area contributed by atoms with Gasteiger partial charge in [-0.1, -0.05) is 0 Å². The molecular formula is C8H16N4O3S. The predicted octanol–water partition coefficient (Wildman–Crippen LogP) is -0.351. The third kappa shape index (κ3) is 2.71. The number of nitrogens with zero attached hydrogens (tertiary/aromatic N) is 2. The van der Waals surface area contributed by atoms with Gasteiger partial charge in [-0.05, 0) is 6.42 Å². The number of anilines is 1. The van der Waals surface area contributed by atoms with E-state index < -0.39 is 10.0 Å². The molecule has 0 amide bonds. The lowest BCUT2D eigenvalue weighted by Gasteiger charge is -2.15. The number of sulfonamides is 1. The highest BCUT2D eigenvalue weighted by molar-refractivity contribution is 7.89. The van der Waals surface area contributed by atoms with Gasteiger partial charge in [-0.25, -0.2) is 12.7 Å². The first-order valence-electron chi connectivity index (χ1n) is 4.74. The Balaban J connectivity index is 2.75. The van der Waals surface area contributed by atoms with Crippen molar-refractivity contribution < 1.29 is 13.2 Å². The van der Waals surface area contributed by atoms with Crippen LogP contribution in [0.5, 0.6) is 0 Å². The van der Waals surface area contributed by atoms with Crippen molar-refractivity contribution in [2.24, 2.45) is 0 Å². The normalized spacial score (nSPS) is 12.2. The lowest BCUT2D eigenvalue weighted by atomic mass is 10.5. The average Bonchev–Trinajstić information content (AvgIpc) is 2.65. The first kappa shape index (κ1) is 12.9. The predicted molar refractivity (Wildman–Crippen MR) is 59.3 cm³/mol. The van der Waals surface area contributed by atoms with E-state index in [9.17, 15) is 8.42 Å². The van der Waals surface area contributed by atoms with Gasteiger partial charge in [-0.15, -0.1) is 0 Å². The summed E-state index contributed by atoms with van der Waals surface area (Å²) >= 11 is 0. The van der Waals surface area contributed by atoms with Gasteiger partial charge in [-0.2, -0.15) is 5.10 Å². The van der Waals surface area contributed by atoms with E-state index in [1.165, 1.54) is 17.5 Å². The zero-order valence-corrected chi connectivity index (χ0v) is 10.1. The second-order valence-electron chi connectivity index (χ2n) is 3.32. The number of nitrogen functional groups attached to an aromatic ring is 1. The SMILES string of the molecule is COCCCN(C)S(=O)(=O)c1cn[nH]c1N. The summed E-state index contributed by atoms with van der Waals surface area (Å²) in [5, 5.41) is 5.98. The van der Waals surface area contributed by atoms with E-state index in [-0.39, 0.29) is 10.7 Å². The number of rotatable bonds is 6. The summed E-state index contributed by atoms with van der Waals surface area (Å²) in [5.41, 5.74) is 5.47. The number of nitrogens with two attached hydrogens (primary N) is 1. The molecule has 0 atom stereocenters. The van der Waals surface area contributed by atoms with Gasteiger partial charge in [0.05, 0.1) is 6.20 Å². The Morgan fingerprint density at radius 3 is 2.81 bits per heavy atom. The maximum absolute atomic E-state index is 12.0. The van der Waals surface area contributed by atoms with E-state index in [2.05, 4.69) is 10.2 Å². The molecule has 0 saturated heterocycles. The highest BCUT2D eigenvalue weighted by atomic mass is 32.2. The van der Waals surface area contributed by atoms with Crippen molar-refractivity contribution in [2.45, 2.75) is 11.3 Å². The number of hydrogen-bond donors (Lipinski definition) is 2. The minimum atomic E-state index is -3.55. The molecule has 0 aliphatic rings. The van der Waals surface area contributed by atoms with Gasteiger partial charge in [0.2, 0.25) is 10.0 Å². The van der Waals surface area contributed by atoms with Gasteiger partial charge >= 0.3 is 0 Å². The Kier molecular flexibility index (Phi) is 4.27. The second kappa shape index (κ2) is 5.28. The Labute approximate surface area is 94.6 Å². The van der Waals surface area contributed by atoms with Crippen LogP contribution in [0.2, 0.25) is 0 Å². The summed E-state index contributed by atoms with van der Waals surface area (Å²) in [6, 6.07) is 0. The summed E-state index contributed by atoms with van der Waals surface area (Å²) in [5.74, 6) is 0.0543.